The highest BCUT2D eigenvalue weighted by Gasteiger charge is 2.39. The molecule has 0 spiro atoms. The first kappa shape index (κ1) is 15.9. The van der Waals surface area contributed by atoms with E-state index in [1.807, 2.05) is 54.6 Å². The van der Waals surface area contributed by atoms with Crippen molar-refractivity contribution in [2.75, 3.05) is 4.90 Å². The summed E-state index contributed by atoms with van der Waals surface area (Å²) in [7, 11) is 0. The van der Waals surface area contributed by atoms with Crippen LogP contribution < -0.4 is 4.90 Å². The van der Waals surface area contributed by atoms with Crippen molar-refractivity contribution in [2.24, 2.45) is 0 Å². The van der Waals surface area contributed by atoms with Crippen LogP contribution in [0.15, 0.2) is 54.6 Å². The minimum Gasteiger partial charge on any atom is -0.273 e. The number of carbonyl (C=O) groups is 1. The van der Waals surface area contributed by atoms with E-state index in [1.165, 1.54) is 11.8 Å². The van der Waals surface area contributed by atoms with Crippen molar-refractivity contribution in [3.8, 4) is 0 Å². The van der Waals surface area contributed by atoms with Crippen molar-refractivity contribution in [1.82, 2.24) is 0 Å². The zero-order chi connectivity index (χ0) is 15.7. The normalized spacial score (nSPS) is 22.0. The van der Waals surface area contributed by atoms with Gasteiger partial charge in [-0.1, -0.05) is 65.9 Å². The number of halogens is 1. The summed E-state index contributed by atoms with van der Waals surface area (Å²) in [5, 5.41) is 0.0960. The Balaban J connectivity index is 1.90. The molecule has 2 atom stereocenters. The summed E-state index contributed by atoms with van der Waals surface area (Å²) in [5.41, 5.74) is 1.77. The molecule has 1 aliphatic heterocycles. The monoisotopic (exact) mass is 365 g/mol. The van der Waals surface area contributed by atoms with Crippen LogP contribution in [-0.4, -0.2) is 15.5 Å². The number of para-hydroxylation sites is 1. The van der Waals surface area contributed by atoms with Gasteiger partial charge >= 0.3 is 0 Å². The molecule has 0 N–H and O–H groups in total. The van der Waals surface area contributed by atoms with Gasteiger partial charge in [-0.25, -0.2) is 0 Å². The Morgan fingerprint density at radius 3 is 2.36 bits per heavy atom. The fraction of sp³-hybridized carbons (Fsp3) is 0.125. The second kappa shape index (κ2) is 6.62. The smallest absolute Gasteiger partial charge is 0.246 e. The van der Waals surface area contributed by atoms with Crippen LogP contribution in [0.25, 0.3) is 0 Å². The van der Waals surface area contributed by atoms with E-state index in [0.29, 0.717) is 9.34 Å². The molecule has 0 bridgehead atoms. The van der Waals surface area contributed by atoms with Crippen LogP contribution >= 0.6 is 48.2 Å². The predicted octanol–water partition coefficient (Wildman–Crippen LogP) is 4.74. The summed E-state index contributed by atoms with van der Waals surface area (Å²) in [6.45, 7) is 0. The highest BCUT2D eigenvalue weighted by molar-refractivity contribution is 8.24. The van der Waals surface area contributed by atoms with Gasteiger partial charge in [0.25, 0.3) is 0 Å². The molecule has 1 heterocycles. The molecule has 2 aromatic rings. The van der Waals surface area contributed by atoms with Gasteiger partial charge in [0.05, 0.1) is 16.2 Å². The lowest BCUT2D eigenvalue weighted by Gasteiger charge is -2.35. The van der Waals surface area contributed by atoms with Gasteiger partial charge in [0.2, 0.25) is 5.91 Å². The van der Waals surface area contributed by atoms with Gasteiger partial charge < -0.3 is 0 Å². The molecule has 22 heavy (non-hydrogen) atoms. The number of carbonyl (C=O) groups excluding carboxylic acids is 1. The molecule has 0 unspecified atom stereocenters. The van der Waals surface area contributed by atoms with E-state index in [4.69, 9.17) is 23.8 Å². The summed E-state index contributed by atoms with van der Waals surface area (Å²) >= 11 is 17.4. The molecule has 1 fully saturated rings. The summed E-state index contributed by atoms with van der Waals surface area (Å²) in [6, 6.07) is 16.9. The van der Waals surface area contributed by atoms with Gasteiger partial charge in [0.15, 0.2) is 0 Å². The van der Waals surface area contributed by atoms with E-state index in [2.05, 4.69) is 12.6 Å². The lowest BCUT2D eigenvalue weighted by Crippen LogP contribution is -2.46. The third-order valence-corrected chi connectivity index (χ3v) is 6.01. The number of anilines is 1. The van der Waals surface area contributed by atoms with E-state index >= 15 is 0 Å². The molecule has 1 amide bonds. The summed E-state index contributed by atoms with van der Waals surface area (Å²) < 4.78 is 0.543. The molecule has 2 nitrogen and oxygen atoms in total. The Bertz CT molecular complexity index is 705. The van der Waals surface area contributed by atoms with E-state index in [-0.39, 0.29) is 11.2 Å². The molecular weight excluding hydrogens is 354 g/mol. The SMILES string of the molecule is O=C1[C@@H](S)[C@@H](c2ccc(Cl)cc2)SC(=S)N1c1ccccc1. The molecule has 1 aliphatic rings. The highest BCUT2D eigenvalue weighted by atomic mass is 35.5. The third-order valence-electron chi connectivity index (χ3n) is 3.38. The highest BCUT2D eigenvalue weighted by Crippen LogP contribution is 2.43. The summed E-state index contributed by atoms with van der Waals surface area (Å²) in [4.78, 5) is 14.3. The fourth-order valence-electron chi connectivity index (χ4n) is 2.29. The fourth-order valence-corrected chi connectivity index (χ4v) is 4.45. The van der Waals surface area contributed by atoms with E-state index in [0.717, 1.165) is 11.3 Å². The van der Waals surface area contributed by atoms with E-state index < -0.39 is 5.25 Å². The van der Waals surface area contributed by atoms with Crippen LogP contribution in [0.2, 0.25) is 5.02 Å². The second-order valence-electron chi connectivity index (χ2n) is 4.81. The van der Waals surface area contributed by atoms with E-state index in [1.54, 1.807) is 4.90 Å². The molecule has 112 valence electrons. The number of thiol groups is 1. The van der Waals surface area contributed by atoms with Crippen LogP contribution in [0.1, 0.15) is 10.8 Å². The molecule has 0 saturated carbocycles. The van der Waals surface area contributed by atoms with Crippen molar-refractivity contribution in [1.29, 1.82) is 0 Å². The summed E-state index contributed by atoms with van der Waals surface area (Å²) in [5.74, 6) is -0.0989. The first-order chi connectivity index (χ1) is 10.6. The van der Waals surface area contributed by atoms with Gasteiger partial charge in [0, 0.05) is 5.02 Å². The Morgan fingerprint density at radius 2 is 1.73 bits per heavy atom. The number of amides is 1. The number of hydrogen-bond acceptors (Lipinski definition) is 4. The van der Waals surface area contributed by atoms with Crippen LogP contribution in [0.4, 0.5) is 5.69 Å². The lowest BCUT2D eigenvalue weighted by molar-refractivity contribution is -0.117. The molecule has 1 saturated heterocycles. The molecule has 0 aliphatic carbocycles. The number of benzene rings is 2. The maximum absolute atomic E-state index is 12.7. The van der Waals surface area contributed by atoms with E-state index in [9.17, 15) is 4.79 Å². The first-order valence-electron chi connectivity index (χ1n) is 6.61. The van der Waals surface area contributed by atoms with Gasteiger partial charge in [-0.15, -0.1) is 0 Å². The number of thioether (sulfide) groups is 1. The standard InChI is InChI=1S/C16H12ClNOS3/c17-11-8-6-10(7-9-11)14-13(20)15(19)18(16(21)22-14)12-4-2-1-3-5-12/h1-9,13-14,20H/t13-,14+/m0/s1. The zero-order valence-electron chi connectivity index (χ0n) is 11.3. The number of nitrogens with zero attached hydrogens (tertiary/aromatic N) is 1. The number of rotatable bonds is 2. The van der Waals surface area contributed by atoms with Crippen molar-refractivity contribution in [2.45, 2.75) is 10.5 Å². The molecule has 0 aromatic heterocycles. The lowest BCUT2D eigenvalue weighted by atomic mass is 10.1. The second-order valence-corrected chi connectivity index (χ2v) is 7.58. The maximum Gasteiger partial charge on any atom is 0.246 e. The Morgan fingerprint density at radius 1 is 1.09 bits per heavy atom. The Labute approximate surface area is 149 Å². The Hall–Kier alpha value is -1.01. The first-order valence-corrected chi connectivity index (χ1v) is 8.79. The number of hydrogen-bond donors (Lipinski definition) is 1. The van der Waals surface area contributed by atoms with Gasteiger partial charge in [-0.05, 0) is 29.8 Å². The average molecular weight is 366 g/mol. The van der Waals surface area contributed by atoms with Crippen molar-refractivity contribution >= 4 is 64.1 Å². The predicted molar refractivity (Wildman–Crippen MR) is 101 cm³/mol. The number of thiocarbonyl (C=S) groups is 1. The summed E-state index contributed by atoms with van der Waals surface area (Å²) in [6.07, 6.45) is 0. The molecule has 2 aromatic carbocycles. The van der Waals surface area contributed by atoms with Crippen molar-refractivity contribution in [3.63, 3.8) is 0 Å². The van der Waals surface area contributed by atoms with Crippen molar-refractivity contribution < 1.29 is 4.79 Å². The Kier molecular flexibility index (Phi) is 4.78. The van der Waals surface area contributed by atoms with Gasteiger partial charge in [0.1, 0.15) is 4.32 Å². The van der Waals surface area contributed by atoms with Crippen LogP contribution in [0.5, 0.6) is 0 Å². The zero-order valence-corrected chi connectivity index (χ0v) is 14.6. The topological polar surface area (TPSA) is 20.3 Å². The average Bonchev–Trinajstić information content (AvgIpc) is 2.53. The molecule has 0 radical (unpaired) electrons. The largest absolute Gasteiger partial charge is 0.273 e. The molecule has 3 rings (SSSR count). The van der Waals surface area contributed by atoms with Crippen LogP contribution in [-0.2, 0) is 4.79 Å². The van der Waals surface area contributed by atoms with Crippen LogP contribution in [0, 0.1) is 0 Å². The van der Waals surface area contributed by atoms with Gasteiger partial charge in [-0.3, -0.25) is 9.69 Å². The molecule has 6 heteroatoms. The third kappa shape index (κ3) is 3.04. The minimum absolute atomic E-state index is 0.0989. The van der Waals surface area contributed by atoms with Gasteiger partial charge in [-0.2, -0.15) is 12.6 Å². The minimum atomic E-state index is -0.460. The van der Waals surface area contributed by atoms with Crippen LogP contribution in [0.3, 0.4) is 0 Å². The maximum atomic E-state index is 12.7. The quantitative estimate of drug-likeness (QED) is 0.613. The molecular formula is C16H12ClNOS3. The van der Waals surface area contributed by atoms with Crippen molar-refractivity contribution in [3.05, 3.63) is 65.2 Å².